The SMILES string of the molecule is CNNc1ccc(CN(C)C)cc1. The number of hydrogen-bond donors (Lipinski definition) is 2. The van der Waals surface area contributed by atoms with Crippen LogP contribution < -0.4 is 10.9 Å². The molecule has 3 heteroatoms. The largest absolute Gasteiger partial charge is 0.322 e. The Hall–Kier alpha value is -1.06. The van der Waals surface area contributed by atoms with Gasteiger partial charge in [0.1, 0.15) is 0 Å². The zero-order valence-electron chi connectivity index (χ0n) is 8.46. The van der Waals surface area contributed by atoms with Crippen LogP contribution in [-0.4, -0.2) is 26.0 Å². The monoisotopic (exact) mass is 179 g/mol. The van der Waals surface area contributed by atoms with Crippen LogP contribution in [0.15, 0.2) is 24.3 Å². The van der Waals surface area contributed by atoms with Gasteiger partial charge >= 0.3 is 0 Å². The minimum absolute atomic E-state index is 0.986. The highest BCUT2D eigenvalue weighted by Gasteiger charge is 1.94. The molecule has 0 aliphatic rings. The summed E-state index contributed by atoms with van der Waals surface area (Å²) < 4.78 is 0. The number of nitrogens with zero attached hydrogens (tertiary/aromatic N) is 1. The second-order valence-corrected chi connectivity index (χ2v) is 3.31. The molecule has 0 saturated carbocycles. The van der Waals surface area contributed by atoms with Gasteiger partial charge in [0.25, 0.3) is 0 Å². The molecule has 72 valence electrons. The van der Waals surface area contributed by atoms with Crippen LogP contribution in [0, 0.1) is 0 Å². The van der Waals surface area contributed by atoms with E-state index < -0.39 is 0 Å². The maximum atomic E-state index is 3.02. The van der Waals surface area contributed by atoms with Crippen molar-refractivity contribution >= 4 is 5.69 Å². The van der Waals surface area contributed by atoms with Gasteiger partial charge in [-0.3, -0.25) is 0 Å². The molecule has 0 unspecified atom stereocenters. The molecule has 0 fully saturated rings. The van der Waals surface area contributed by atoms with Crippen molar-refractivity contribution in [2.24, 2.45) is 0 Å². The molecule has 0 saturated heterocycles. The Kier molecular flexibility index (Phi) is 3.73. The van der Waals surface area contributed by atoms with Crippen molar-refractivity contribution in [1.29, 1.82) is 0 Å². The highest BCUT2D eigenvalue weighted by Crippen LogP contribution is 2.09. The Morgan fingerprint density at radius 2 is 1.77 bits per heavy atom. The molecule has 1 rings (SSSR count). The Labute approximate surface area is 79.7 Å². The minimum atomic E-state index is 0.986. The average Bonchev–Trinajstić information content (AvgIpc) is 2.08. The summed E-state index contributed by atoms with van der Waals surface area (Å²) in [6.07, 6.45) is 0. The third-order valence-corrected chi connectivity index (χ3v) is 1.72. The smallest absolute Gasteiger partial charge is 0.0487 e. The number of nitrogens with one attached hydrogen (secondary N) is 2. The summed E-state index contributed by atoms with van der Waals surface area (Å²) in [6, 6.07) is 8.38. The summed E-state index contributed by atoms with van der Waals surface area (Å²) in [5, 5.41) is 0. The van der Waals surface area contributed by atoms with Gasteiger partial charge in [-0.25, -0.2) is 5.43 Å². The Morgan fingerprint density at radius 3 is 2.23 bits per heavy atom. The van der Waals surface area contributed by atoms with Crippen LogP contribution in [0.4, 0.5) is 5.69 Å². The van der Waals surface area contributed by atoms with Crippen LogP contribution in [0.25, 0.3) is 0 Å². The van der Waals surface area contributed by atoms with Crippen molar-refractivity contribution in [1.82, 2.24) is 10.3 Å². The molecule has 1 aromatic carbocycles. The first kappa shape index (κ1) is 10.0. The molecule has 0 aliphatic carbocycles. The molecule has 2 N–H and O–H groups in total. The van der Waals surface area contributed by atoms with Crippen molar-refractivity contribution in [2.45, 2.75) is 6.54 Å². The van der Waals surface area contributed by atoms with Gasteiger partial charge in [-0.15, -0.1) is 0 Å². The van der Waals surface area contributed by atoms with Crippen molar-refractivity contribution in [3.8, 4) is 0 Å². The summed E-state index contributed by atoms with van der Waals surface area (Å²) in [7, 11) is 5.99. The third-order valence-electron chi connectivity index (χ3n) is 1.72. The van der Waals surface area contributed by atoms with E-state index in [4.69, 9.17) is 0 Å². The van der Waals surface area contributed by atoms with Gasteiger partial charge in [0.2, 0.25) is 0 Å². The normalized spacial score (nSPS) is 10.5. The van der Waals surface area contributed by atoms with E-state index in [2.05, 4.69) is 54.1 Å². The van der Waals surface area contributed by atoms with E-state index in [-0.39, 0.29) is 0 Å². The molecule has 0 heterocycles. The number of hydrogen-bond acceptors (Lipinski definition) is 3. The van der Waals surface area contributed by atoms with E-state index in [0.29, 0.717) is 0 Å². The van der Waals surface area contributed by atoms with E-state index in [1.807, 2.05) is 7.05 Å². The molecule has 1 aromatic rings. The van der Waals surface area contributed by atoms with Gasteiger partial charge in [0, 0.05) is 19.3 Å². The summed E-state index contributed by atoms with van der Waals surface area (Å²) in [5.41, 5.74) is 8.32. The van der Waals surface area contributed by atoms with E-state index in [0.717, 1.165) is 12.2 Å². The quantitative estimate of drug-likeness (QED) is 0.682. The highest BCUT2D eigenvalue weighted by atomic mass is 15.3. The number of anilines is 1. The van der Waals surface area contributed by atoms with Crippen LogP contribution in [0.3, 0.4) is 0 Å². The molecular formula is C10H17N3. The lowest BCUT2D eigenvalue weighted by Crippen LogP contribution is -2.15. The Balaban J connectivity index is 2.59. The average molecular weight is 179 g/mol. The zero-order valence-corrected chi connectivity index (χ0v) is 8.46. The maximum absolute atomic E-state index is 3.02. The second-order valence-electron chi connectivity index (χ2n) is 3.31. The van der Waals surface area contributed by atoms with E-state index in [1.165, 1.54) is 5.56 Å². The first-order valence-corrected chi connectivity index (χ1v) is 4.39. The van der Waals surface area contributed by atoms with Gasteiger partial charge in [-0.1, -0.05) is 12.1 Å². The Bertz CT molecular complexity index is 241. The van der Waals surface area contributed by atoms with Crippen molar-refractivity contribution in [3.63, 3.8) is 0 Å². The third kappa shape index (κ3) is 3.44. The van der Waals surface area contributed by atoms with Gasteiger partial charge in [0.15, 0.2) is 0 Å². The summed E-state index contributed by atoms with van der Waals surface area (Å²) in [6.45, 7) is 0.986. The molecule has 0 radical (unpaired) electrons. The van der Waals surface area contributed by atoms with E-state index >= 15 is 0 Å². The molecule has 0 bridgehead atoms. The first-order valence-electron chi connectivity index (χ1n) is 4.39. The molecule has 3 nitrogen and oxygen atoms in total. The van der Waals surface area contributed by atoms with Crippen LogP contribution in [0.1, 0.15) is 5.56 Å². The standard InChI is InChI=1S/C10H17N3/c1-11-12-10-6-4-9(5-7-10)8-13(2)3/h4-7,11-12H,8H2,1-3H3. The summed E-state index contributed by atoms with van der Waals surface area (Å²) in [4.78, 5) is 2.15. The Morgan fingerprint density at radius 1 is 1.15 bits per heavy atom. The topological polar surface area (TPSA) is 27.3 Å². The van der Waals surface area contributed by atoms with E-state index in [9.17, 15) is 0 Å². The fourth-order valence-corrected chi connectivity index (χ4v) is 1.20. The number of rotatable bonds is 4. The van der Waals surface area contributed by atoms with Crippen LogP contribution in [0.2, 0.25) is 0 Å². The van der Waals surface area contributed by atoms with Gasteiger partial charge < -0.3 is 10.3 Å². The predicted molar refractivity (Wildman–Crippen MR) is 56.5 cm³/mol. The van der Waals surface area contributed by atoms with Gasteiger partial charge in [-0.2, -0.15) is 0 Å². The van der Waals surface area contributed by atoms with Crippen molar-refractivity contribution in [2.75, 3.05) is 26.6 Å². The molecule has 0 spiro atoms. The van der Waals surface area contributed by atoms with E-state index in [1.54, 1.807) is 0 Å². The maximum Gasteiger partial charge on any atom is 0.0487 e. The van der Waals surface area contributed by atoms with Crippen molar-refractivity contribution in [3.05, 3.63) is 29.8 Å². The highest BCUT2D eigenvalue weighted by molar-refractivity contribution is 5.43. The molecule has 13 heavy (non-hydrogen) atoms. The minimum Gasteiger partial charge on any atom is -0.322 e. The van der Waals surface area contributed by atoms with Crippen LogP contribution in [0.5, 0.6) is 0 Å². The molecular weight excluding hydrogens is 162 g/mol. The van der Waals surface area contributed by atoms with Crippen LogP contribution >= 0.6 is 0 Å². The summed E-state index contributed by atoms with van der Waals surface area (Å²) in [5.74, 6) is 0. The first-order chi connectivity index (χ1) is 6.22. The fourth-order valence-electron chi connectivity index (χ4n) is 1.20. The fraction of sp³-hybridized carbons (Fsp3) is 0.400. The predicted octanol–water partition coefficient (Wildman–Crippen LogP) is 1.29. The number of hydrazine groups is 1. The molecule has 0 atom stereocenters. The zero-order chi connectivity index (χ0) is 9.68. The van der Waals surface area contributed by atoms with Crippen LogP contribution in [-0.2, 0) is 6.54 Å². The lowest BCUT2D eigenvalue weighted by molar-refractivity contribution is 0.402. The van der Waals surface area contributed by atoms with Crippen molar-refractivity contribution < 1.29 is 0 Å². The lowest BCUT2D eigenvalue weighted by Gasteiger charge is -2.10. The van der Waals surface area contributed by atoms with Gasteiger partial charge in [0.05, 0.1) is 0 Å². The molecule has 0 aromatic heterocycles. The summed E-state index contributed by atoms with van der Waals surface area (Å²) >= 11 is 0. The number of benzene rings is 1. The lowest BCUT2D eigenvalue weighted by atomic mass is 10.2. The molecule has 0 amide bonds. The molecule has 0 aliphatic heterocycles. The van der Waals surface area contributed by atoms with Gasteiger partial charge in [-0.05, 0) is 31.8 Å². The second kappa shape index (κ2) is 4.84.